The van der Waals surface area contributed by atoms with Gasteiger partial charge in [-0.2, -0.15) is 0 Å². The molecule has 0 aromatic heterocycles. The maximum Gasteiger partial charge on any atom is 0.339 e. The lowest BCUT2D eigenvalue weighted by atomic mass is 9.82. The third-order valence-electron chi connectivity index (χ3n) is 8.66. The molecule has 1 aliphatic carbocycles. The number of fused-ring (bicyclic) bond motifs is 4. The largest absolute Gasteiger partial charge is 0.462 e. The molecule has 212 valence electrons. The molecule has 5 rings (SSSR count). The molecule has 0 spiro atoms. The molecule has 40 heavy (non-hydrogen) atoms. The minimum absolute atomic E-state index is 0.0206. The fourth-order valence-electron chi connectivity index (χ4n) is 6.68. The van der Waals surface area contributed by atoms with Gasteiger partial charge >= 0.3 is 5.97 Å². The van der Waals surface area contributed by atoms with Crippen LogP contribution in [0.3, 0.4) is 0 Å². The van der Waals surface area contributed by atoms with E-state index in [1.54, 1.807) is 6.92 Å². The summed E-state index contributed by atoms with van der Waals surface area (Å²) in [5, 5.41) is 13.7. The van der Waals surface area contributed by atoms with Gasteiger partial charge < -0.3 is 21.1 Å². The zero-order valence-corrected chi connectivity index (χ0v) is 24.3. The summed E-state index contributed by atoms with van der Waals surface area (Å²) in [6.45, 7) is 12.0. The zero-order valence-electron chi connectivity index (χ0n) is 24.3. The monoisotopic (exact) mass is 544 g/mol. The first-order valence-corrected chi connectivity index (χ1v) is 14.4. The number of ether oxygens (including phenoxy) is 1. The minimum atomic E-state index is -0.396. The van der Waals surface area contributed by atoms with Gasteiger partial charge in [0.05, 0.1) is 48.4 Å². The van der Waals surface area contributed by atoms with Crippen molar-refractivity contribution in [2.75, 3.05) is 18.5 Å². The van der Waals surface area contributed by atoms with Crippen molar-refractivity contribution in [3.63, 3.8) is 0 Å². The van der Waals surface area contributed by atoms with Crippen molar-refractivity contribution in [2.45, 2.75) is 85.0 Å². The number of ketones is 1. The van der Waals surface area contributed by atoms with Crippen molar-refractivity contribution in [3.05, 3.63) is 51.6 Å². The van der Waals surface area contributed by atoms with Crippen molar-refractivity contribution >= 4 is 44.9 Å². The van der Waals surface area contributed by atoms with E-state index >= 15 is 0 Å². The van der Waals surface area contributed by atoms with E-state index in [1.165, 1.54) is 0 Å². The van der Waals surface area contributed by atoms with Crippen LogP contribution in [-0.4, -0.2) is 55.0 Å². The number of nitrogens with one attached hydrogen (secondary N) is 3. The fourth-order valence-corrected chi connectivity index (χ4v) is 6.68. The van der Waals surface area contributed by atoms with E-state index in [9.17, 15) is 14.4 Å². The lowest BCUT2D eigenvalue weighted by Crippen LogP contribution is -2.52. The standard InChI is InChI=1S/C32H40N4O4/c1-7-11-20-31(38)36-30-28(34-20)29(30)35-27-18(8-2)16(5)23-24(32(39)40-9-3)17(6)19-13-10-12-15(4)22(19)26(23)25(27)21(37)14-33/h10,12-13,20,28-30,34-35H,7-9,11,14,33H2,1-6H3,(H,36,38). The van der Waals surface area contributed by atoms with E-state index in [0.29, 0.717) is 17.5 Å². The van der Waals surface area contributed by atoms with Gasteiger partial charge in [-0.1, -0.05) is 38.5 Å². The molecule has 1 heterocycles. The van der Waals surface area contributed by atoms with Crippen LogP contribution in [0.2, 0.25) is 0 Å². The number of esters is 1. The first-order valence-electron chi connectivity index (χ1n) is 14.4. The Kier molecular flexibility index (Phi) is 7.59. The predicted molar refractivity (Wildman–Crippen MR) is 159 cm³/mol. The van der Waals surface area contributed by atoms with Crippen LogP contribution in [0.15, 0.2) is 18.2 Å². The third kappa shape index (κ3) is 4.34. The molecule has 4 unspecified atom stereocenters. The maximum atomic E-state index is 13.8. The number of hydrogen-bond acceptors (Lipinski definition) is 7. The lowest BCUT2D eigenvalue weighted by Gasteiger charge is -2.25. The van der Waals surface area contributed by atoms with E-state index in [-0.39, 0.29) is 49.0 Å². The van der Waals surface area contributed by atoms with Crippen molar-refractivity contribution in [3.8, 4) is 0 Å². The number of piperazine rings is 1. The second-order valence-corrected chi connectivity index (χ2v) is 11.0. The highest BCUT2D eigenvalue weighted by Crippen LogP contribution is 2.45. The highest BCUT2D eigenvalue weighted by molar-refractivity contribution is 6.28. The van der Waals surface area contributed by atoms with Crippen LogP contribution in [0, 0.1) is 20.8 Å². The highest BCUT2D eigenvalue weighted by atomic mass is 16.5. The number of carbonyl (C=O) groups excluding carboxylic acids is 3. The van der Waals surface area contributed by atoms with Crippen LogP contribution in [-0.2, 0) is 16.0 Å². The molecule has 1 aliphatic heterocycles. The average molecular weight is 545 g/mol. The molecule has 3 aromatic rings. The van der Waals surface area contributed by atoms with Gasteiger partial charge in [-0.05, 0) is 73.6 Å². The molecule has 3 aromatic carbocycles. The molecule has 1 saturated carbocycles. The Labute approximate surface area is 235 Å². The molecule has 1 saturated heterocycles. The summed E-state index contributed by atoms with van der Waals surface area (Å²) in [6.07, 6.45) is 2.33. The van der Waals surface area contributed by atoms with E-state index in [0.717, 1.165) is 62.3 Å². The molecule has 1 amide bonds. The van der Waals surface area contributed by atoms with Gasteiger partial charge in [0.25, 0.3) is 0 Å². The lowest BCUT2D eigenvalue weighted by molar-refractivity contribution is -0.124. The second kappa shape index (κ2) is 10.8. The smallest absolute Gasteiger partial charge is 0.339 e. The predicted octanol–water partition coefficient (Wildman–Crippen LogP) is 4.22. The molecule has 8 nitrogen and oxygen atoms in total. The molecular formula is C32H40N4O4. The van der Waals surface area contributed by atoms with E-state index < -0.39 is 5.97 Å². The summed E-state index contributed by atoms with van der Waals surface area (Å²) in [4.78, 5) is 39.9. The van der Waals surface area contributed by atoms with Gasteiger partial charge in [-0.3, -0.25) is 14.9 Å². The third-order valence-corrected chi connectivity index (χ3v) is 8.66. The van der Waals surface area contributed by atoms with Crippen LogP contribution in [0.5, 0.6) is 0 Å². The summed E-state index contributed by atoms with van der Waals surface area (Å²) < 4.78 is 5.55. The number of aryl methyl sites for hydroxylation is 3. The number of rotatable bonds is 9. The summed E-state index contributed by atoms with van der Waals surface area (Å²) in [5.74, 6) is -0.574. The average Bonchev–Trinajstić information content (AvgIpc) is 3.59. The van der Waals surface area contributed by atoms with Crippen molar-refractivity contribution in [1.29, 1.82) is 0 Å². The van der Waals surface area contributed by atoms with Crippen molar-refractivity contribution in [1.82, 2.24) is 10.6 Å². The SMILES string of the molecule is CCCC1NC2C(NC1=O)C2Nc1c(CC)c(C)c2c(C(=O)OCC)c(C)c3cccc(C)c3c2c1C(=O)CN. The molecular weight excluding hydrogens is 504 g/mol. The Morgan fingerprint density at radius 1 is 1.00 bits per heavy atom. The summed E-state index contributed by atoms with van der Waals surface area (Å²) in [5.41, 5.74) is 11.5. The van der Waals surface area contributed by atoms with Crippen LogP contribution < -0.4 is 21.7 Å². The number of Topliss-reactive ketones (excluding diaryl/α,β-unsaturated/α-hetero) is 1. The van der Waals surface area contributed by atoms with Gasteiger partial charge in [0.1, 0.15) is 0 Å². The van der Waals surface area contributed by atoms with Crippen molar-refractivity contribution < 1.29 is 19.1 Å². The quantitative estimate of drug-likeness (QED) is 0.181. The summed E-state index contributed by atoms with van der Waals surface area (Å²) in [6, 6.07) is 5.72. The number of carbonyl (C=O) groups is 3. The topological polar surface area (TPSA) is 123 Å². The Balaban J connectivity index is 1.81. The Bertz CT molecular complexity index is 1550. The number of nitrogens with two attached hydrogens (primary N) is 1. The zero-order chi connectivity index (χ0) is 28.9. The van der Waals surface area contributed by atoms with Gasteiger partial charge in [-0.25, -0.2) is 4.79 Å². The number of hydrogen-bond donors (Lipinski definition) is 4. The van der Waals surface area contributed by atoms with Crippen LogP contribution in [0.1, 0.15) is 76.6 Å². The van der Waals surface area contributed by atoms with Crippen LogP contribution in [0.4, 0.5) is 5.69 Å². The number of anilines is 1. The molecule has 5 N–H and O–H groups in total. The Morgan fingerprint density at radius 3 is 2.40 bits per heavy atom. The van der Waals surface area contributed by atoms with E-state index in [2.05, 4.69) is 29.8 Å². The number of amides is 1. The maximum absolute atomic E-state index is 13.8. The Hall–Kier alpha value is -3.49. The number of benzene rings is 3. The van der Waals surface area contributed by atoms with Crippen LogP contribution in [0.25, 0.3) is 21.5 Å². The summed E-state index contributed by atoms with van der Waals surface area (Å²) >= 11 is 0. The highest BCUT2D eigenvalue weighted by Gasteiger charge is 2.56. The van der Waals surface area contributed by atoms with Crippen molar-refractivity contribution in [2.24, 2.45) is 5.73 Å². The van der Waals surface area contributed by atoms with E-state index in [1.807, 2.05) is 39.0 Å². The molecule has 8 heteroatoms. The van der Waals surface area contributed by atoms with Crippen LogP contribution >= 0.6 is 0 Å². The molecule has 0 radical (unpaired) electrons. The van der Waals surface area contributed by atoms with Gasteiger partial charge in [0.2, 0.25) is 5.91 Å². The first-order chi connectivity index (χ1) is 19.2. The van der Waals surface area contributed by atoms with Gasteiger partial charge in [-0.15, -0.1) is 0 Å². The van der Waals surface area contributed by atoms with Gasteiger partial charge in [0.15, 0.2) is 5.78 Å². The van der Waals surface area contributed by atoms with Gasteiger partial charge in [0, 0.05) is 16.5 Å². The second-order valence-electron chi connectivity index (χ2n) is 11.0. The van der Waals surface area contributed by atoms with E-state index in [4.69, 9.17) is 10.5 Å². The molecule has 2 aliphatic rings. The molecule has 2 fully saturated rings. The Morgan fingerprint density at radius 2 is 1.75 bits per heavy atom. The molecule has 0 bridgehead atoms. The summed E-state index contributed by atoms with van der Waals surface area (Å²) in [7, 11) is 0. The normalized spacial score (nSPS) is 21.7. The molecule has 4 atom stereocenters. The first kappa shape index (κ1) is 28.1. The fraction of sp³-hybridized carbons (Fsp3) is 0.469. The minimum Gasteiger partial charge on any atom is -0.462 e.